The Labute approximate surface area is 173 Å². The normalized spacial score (nSPS) is 15.8. The van der Waals surface area contributed by atoms with Crippen molar-refractivity contribution in [3.05, 3.63) is 52.7 Å². The van der Waals surface area contributed by atoms with Crippen molar-refractivity contribution in [1.82, 2.24) is 4.98 Å². The van der Waals surface area contributed by atoms with Crippen LogP contribution in [0.1, 0.15) is 55.1 Å². The summed E-state index contributed by atoms with van der Waals surface area (Å²) in [6.45, 7) is 2.30. The third-order valence-corrected chi connectivity index (χ3v) is 6.88. The fourth-order valence-electron chi connectivity index (χ4n) is 3.35. The molecule has 1 atom stereocenters. The molecule has 1 unspecified atom stereocenters. The molecule has 7 heteroatoms. The Kier molecular flexibility index (Phi) is 7.45. The number of aromatic nitrogens is 1. The van der Waals surface area contributed by atoms with Crippen molar-refractivity contribution < 1.29 is 13.7 Å². The Bertz CT molecular complexity index is 853. The van der Waals surface area contributed by atoms with E-state index < -0.39 is 16.7 Å². The van der Waals surface area contributed by atoms with E-state index in [-0.39, 0.29) is 16.0 Å². The number of carbonyl (C=O) groups is 1. The summed E-state index contributed by atoms with van der Waals surface area (Å²) in [6, 6.07) is 10.7. The summed E-state index contributed by atoms with van der Waals surface area (Å²) >= 11 is 6.12. The first-order valence-corrected chi connectivity index (χ1v) is 11.4. The van der Waals surface area contributed by atoms with Crippen LogP contribution in [-0.2, 0) is 16.6 Å². The second-order valence-electron chi connectivity index (χ2n) is 6.85. The zero-order valence-electron chi connectivity index (χ0n) is 15.9. The van der Waals surface area contributed by atoms with Gasteiger partial charge in [-0.15, -0.1) is 0 Å². The largest absolute Gasteiger partial charge is 0.478 e. The Balaban J connectivity index is 1.68. The highest BCUT2D eigenvalue weighted by Crippen LogP contribution is 2.25. The average Bonchev–Trinajstić information content (AvgIpc) is 2.70. The van der Waals surface area contributed by atoms with Crippen LogP contribution in [0, 0.1) is 0 Å². The zero-order chi connectivity index (χ0) is 19.9. The smallest absolute Gasteiger partial charge is 0.275 e. The van der Waals surface area contributed by atoms with Gasteiger partial charge >= 0.3 is 0 Å². The fourth-order valence-corrected chi connectivity index (χ4v) is 5.15. The van der Waals surface area contributed by atoms with Gasteiger partial charge in [-0.05, 0) is 43.5 Å². The molecule has 5 nitrogen and oxygen atoms in total. The summed E-state index contributed by atoms with van der Waals surface area (Å²) in [4.78, 5) is 16.8. The maximum atomic E-state index is 12.6. The molecule has 150 valence electrons. The first kappa shape index (κ1) is 20.8. The fraction of sp³-hybridized carbons (Fsp3) is 0.429. The first-order chi connectivity index (χ1) is 13.6. The molecular formula is C21H25ClN2O3S. The van der Waals surface area contributed by atoms with Gasteiger partial charge in [0.2, 0.25) is 5.88 Å². The molecule has 1 aliphatic rings. The van der Waals surface area contributed by atoms with Gasteiger partial charge in [-0.2, -0.15) is 0 Å². The van der Waals surface area contributed by atoms with Crippen molar-refractivity contribution >= 4 is 34.0 Å². The highest BCUT2D eigenvalue weighted by Gasteiger charge is 2.20. The number of anilines is 1. The average molecular weight is 421 g/mol. The molecule has 1 aromatic heterocycles. The van der Waals surface area contributed by atoms with Gasteiger partial charge in [-0.1, -0.05) is 43.0 Å². The predicted octanol–water partition coefficient (Wildman–Crippen LogP) is 4.97. The van der Waals surface area contributed by atoms with E-state index in [1.54, 1.807) is 18.2 Å². The van der Waals surface area contributed by atoms with Crippen molar-refractivity contribution in [2.24, 2.45) is 0 Å². The first-order valence-electron chi connectivity index (χ1n) is 9.63. The molecule has 1 fully saturated rings. The minimum Gasteiger partial charge on any atom is -0.478 e. The summed E-state index contributed by atoms with van der Waals surface area (Å²) in [5.41, 5.74) is 1.69. The van der Waals surface area contributed by atoms with E-state index in [4.69, 9.17) is 16.3 Å². The molecule has 0 bridgehead atoms. The van der Waals surface area contributed by atoms with E-state index in [0.29, 0.717) is 23.9 Å². The molecular weight excluding hydrogens is 396 g/mol. The van der Waals surface area contributed by atoms with E-state index in [2.05, 4.69) is 10.3 Å². The van der Waals surface area contributed by atoms with Gasteiger partial charge in [0.25, 0.3) is 5.91 Å². The van der Waals surface area contributed by atoms with E-state index in [0.717, 1.165) is 18.4 Å². The van der Waals surface area contributed by atoms with E-state index in [1.807, 2.05) is 25.1 Å². The quantitative estimate of drug-likeness (QED) is 0.686. The lowest BCUT2D eigenvalue weighted by atomic mass is 10.0. The maximum Gasteiger partial charge on any atom is 0.275 e. The molecule has 0 saturated heterocycles. The number of carbonyl (C=O) groups excluding carboxylic acids is 1. The van der Waals surface area contributed by atoms with Gasteiger partial charge in [0.15, 0.2) is 5.69 Å². The number of benzene rings is 1. The lowest BCUT2D eigenvalue weighted by molar-refractivity contribution is 0.102. The Morgan fingerprint density at radius 3 is 2.79 bits per heavy atom. The van der Waals surface area contributed by atoms with Crippen molar-refractivity contribution in [3.8, 4) is 5.88 Å². The highest BCUT2D eigenvalue weighted by atomic mass is 35.5. The number of pyridine rings is 1. The summed E-state index contributed by atoms with van der Waals surface area (Å²) < 4.78 is 18.0. The molecule has 1 aliphatic carbocycles. The summed E-state index contributed by atoms with van der Waals surface area (Å²) in [7, 11) is -0.886. The monoisotopic (exact) mass is 420 g/mol. The molecule has 1 N–H and O–H groups in total. The number of nitrogens with one attached hydrogen (secondary N) is 1. The molecule has 28 heavy (non-hydrogen) atoms. The van der Waals surface area contributed by atoms with Crippen molar-refractivity contribution in [2.45, 2.75) is 50.0 Å². The molecule has 1 heterocycles. The molecule has 0 radical (unpaired) electrons. The van der Waals surface area contributed by atoms with Crippen LogP contribution in [0.15, 0.2) is 36.4 Å². The van der Waals surface area contributed by atoms with Crippen LogP contribution in [0.5, 0.6) is 5.88 Å². The summed E-state index contributed by atoms with van der Waals surface area (Å²) in [5.74, 6) is 0.457. The van der Waals surface area contributed by atoms with Crippen LogP contribution in [-0.4, -0.2) is 27.0 Å². The number of ether oxygens (including phenoxy) is 1. The van der Waals surface area contributed by atoms with E-state index in [1.165, 1.54) is 19.3 Å². The molecule has 1 saturated carbocycles. The van der Waals surface area contributed by atoms with Crippen LogP contribution in [0.4, 0.5) is 5.69 Å². The number of nitrogens with zero attached hydrogens (tertiary/aromatic N) is 1. The predicted molar refractivity (Wildman–Crippen MR) is 114 cm³/mol. The highest BCUT2D eigenvalue weighted by molar-refractivity contribution is 7.84. The molecule has 1 aromatic carbocycles. The summed E-state index contributed by atoms with van der Waals surface area (Å²) in [5, 5.41) is 3.37. The van der Waals surface area contributed by atoms with Crippen LogP contribution in [0.25, 0.3) is 0 Å². The summed E-state index contributed by atoms with van der Waals surface area (Å²) in [6.07, 6.45) is 5.67. The lowest BCUT2D eigenvalue weighted by Gasteiger charge is -2.21. The van der Waals surface area contributed by atoms with Gasteiger partial charge in [0, 0.05) is 33.6 Å². The Morgan fingerprint density at radius 1 is 1.25 bits per heavy atom. The van der Waals surface area contributed by atoms with Crippen LogP contribution in [0.3, 0.4) is 0 Å². The number of hydrogen-bond acceptors (Lipinski definition) is 4. The zero-order valence-corrected chi connectivity index (χ0v) is 17.5. The Hall–Kier alpha value is -1.92. The lowest BCUT2D eigenvalue weighted by Crippen LogP contribution is -2.20. The van der Waals surface area contributed by atoms with Crippen LogP contribution < -0.4 is 10.1 Å². The van der Waals surface area contributed by atoms with Gasteiger partial charge < -0.3 is 10.1 Å². The molecule has 0 spiro atoms. The molecule has 1 amide bonds. The van der Waals surface area contributed by atoms with Gasteiger partial charge in [-0.25, -0.2) is 4.98 Å². The maximum absolute atomic E-state index is 12.6. The molecule has 0 aliphatic heterocycles. The van der Waals surface area contributed by atoms with Crippen molar-refractivity contribution in [3.63, 3.8) is 0 Å². The number of amides is 1. The van der Waals surface area contributed by atoms with Gasteiger partial charge in [0.1, 0.15) is 0 Å². The van der Waals surface area contributed by atoms with Crippen molar-refractivity contribution in [1.29, 1.82) is 0 Å². The van der Waals surface area contributed by atoms with Crippen molar-refractivity contribution in [2.75, 3.05) is 11.9 Å². The topological polar surface area (TPSA) is 68.3 Å². The second kappa shape index (κ2) is 10.0. The third kappa shape index (κ3) is 5.55. The van der Waals surface area contributed by atoms with Gasteiger partial charge in [0.05, 0.1) is 11.6 Å². The molecule has 2 aromatic rings. The minimum atomic E-state index is -0.886. The number of rotatable bonds is 7. The molecule has 3 rings (SSSR count). The second-order valence-corrected chi connectivity index (χ2v) is 8.98. The number of hydrogen-bond donors (Lipinski definition) is 1. The van der Waals surface area contributed by atoms with E-state index in [9.17, 15) is 9.00 Å². The van der Waals surface area contributed by atoms with E-state index >= 15 is 0 Å². The third-order valence-electron chi connectivity index (χ3n) is 4.75. The van der Waals surface area contributed by atoms with Gasteiger partial charge in [-0.3, -0.25) is 9.00 Å². The minimum absolute atomic E-state index is 0.115. The standard InChI is InChI=1S/C21H25ClN2O3S/c1-2-27-19-12-11-18(22)20(24-19)21(25)23-16-8-6-7-15(13-16)14-28(26)17-9-4-3-5-10-17/h6-8,11-13,17H,2-5,9-10,14H2,1H3,(H,23,25). The number of halogens is 1. The Morgan fingerprint density at radius 2 is 2.04 bits per heavy atom. The SMILES string of the molecule is CCOc1ccc(Cl)c(C(=O)Nc2cccc(CS(=O)C3CCCCC3)c2)n1. The van der Waals surface area contributed by atoms with Crippen LogP contribution >= 0.6 is 11.6 Å². The van der Waals surface area contributed by atoms with Crippen LogP contribution in [0.2, 0.25) is 5.02 Å².